The number of unbranched alkanes of at least 4 members (excludes halogenated alkanes) is 17. The highest BCUT2D eigenvalue weighted by molar-refractivity contribution is 5.74. The molecule has 0 heterocycles. The topological polar surface area (TPSA) is 46.5 Å². The first-order valence-electron chi connectivity index (χ1n) is 12.8. The molecule has 0 fully saturated rings. The predicted octanol–water partition coefficient (Wildman–Crippen LogP) is 7.98. The van der Waals surface area contributed by atoms with E-state index in [1.807, 2.05) is 0 Å². The van der Waals surface area contributed by atoms with Crippen molar-refractivity contribution >= 4 is 5.97 Å². The summed E-state index contributed by atoms with van der Waals surface area (Å²) in [6.07, 6.45) is 25.4. The van der Waals surface area contributed by atoms with Crippen LogP contribution in [0.5, 0.6) is 0 Å². The molecule has 0 spiro atoms. The molecular formula is C26H52O3. The molecule has 0 aliphatic rings. The normalized spacial score (nSPS) is 12.4. The number of aliphatic hydroxyl groups excluding tert-OH is 1. The van der Waals surface area contributed by atoms with Gasteiger partial charge < -0.3 is 9.84 Å². The Morgan fingerprint density at radius 2 is 0.862 bits per heavy atom. The zero-order chi connectivity index (χ0) is 21.6. The van der Waals surface area contributed by atoms with Gasteiger partial charge >= 0.3 is 5.97 Å². The van der Waals surface area contributed by atoms with E-state index in [1.54, 1.807) is 0 Å². The number of aliphatic hydroxyl groups is 1. The lowest BCUT2D eigenvalue weighted by Gasteiger charge is -2.07. The molecule has 29 heavy (non-hydrogen) atoms. The summed E-state index contributed by atoms with van der Waals surface area (Å²) in [5, 5.41) is 9.50. The van der Waals surface area contributed by atoms with E-state index in [0.717, 1.165) is 18.8 Å². The second-order valence-corrected chi connectivity index (χ2v) is 9.37. The number of esters is 1. The van der Waals surface area contributed by atoms with Gasteiger partial charge in [-0.15, -0.1) is 0 Å². The highest BCUT2D eigenvalue weighted by atomic mass is 16.5. The summed E-state index contributed by atoms with van der Waals surface area (Å²) in [6, 6.07) is 0. The van der Waals surface area contributed by atoms with E-state index in [2.05, 4.69) is 18.6 Å². The molecule has 3 heteroatoms. The molecule has 174 valence electrons. The van der Waals surface area contributed by atoms with Gasteiger partial charge in [0.25, 0.3) is 0 Å². The molecule has 0 saturated carbocycles. The van der Waals surface area contributed by atoms with Gasteiger partial charge in [0.1, 0.15) is 0 Å². The Labute approximate surface area is 182 Å². The van der Waals surface area contributed by atoms with Crippen molar-refractivity contribution in [2.24, 2.45) is 5.92 Å². The Bertz CT molecular complexity index is 341. The van der Waals surface area contributed by atoms with Crippen LogP contribution < -0.4 is 0 Å². The van der Waals surface area contributed by atoms with Crippen LogP contribution in [0.2, 0.25) is 0 Å². The predicted molar refractivity (Wildman–Crippen MR) is 125 cm³/mol. The lowest BCUT2D eigenvalue weighted by molar-refractivity contribution is -0.150. The molecule has 1 atom stereocenters. The van der Waals surface area contributed by atoms with Crippen LogP contribution in [-0.4, -0.2) is 24.3 Å². The minimum Gasteiger partial charge on any atom is -0.467 e. The van der Waals surface area contributed by atoms with Crippen molar-refractivity contribution < 1.29 is 14.6 Å². The van der Waals surface area contributed by atoms with Crippen LogP contribution in [0.1, 0.15) is 142 Å². The Morgan fingerprint density at radius 1 is 0.586 bits per heavy atom. The first-order valence-corrected chi connectivity index (χ1v) is 12.8. The fourth-order valence-electron chi connectivity index (χ4n) is 3.97. The van der Waals surface area contributed by atoms with Crippen molar-refractivity contribution in [2.45, 2.75) is 148 Å². The zero-order valence-corrected chi connectivity index (χ0v) is 20.1. The molecule has 0 aliphatic carbocycles. The maximum Gasteiger partial charge on any atom is 0.334 e. The number of hydrogen-bond acceptors (Lipinski definition) is 3. The summed E-state index contributed by atoms with van der Waals surface area (Å²) in [6.45, 7) is 4.65. The third kappa shape index (κ3) is 21.9. The molecule has 1 unspecified atom stereocenters. The van der Waals surface area contributed by atoms with Crippen LogP contribution >= 0.6 is 0 Å². The molecule has 0 aromatic heterocycles. The first-order chi connectivity index (χ1) is 14.1. The molecule has 0 aromatic rings. The summed E-state index contributed by atoms with van der Waals surface area (Å²) in [5.74, 6) is 0.374. The standard InChI is InChI=1S/C26H52O3/c1-24(2)22-20-18-16-14-12-10-8-6-4-5-7-9-11-13-15-17-19-21-23-25(27)26(28)29-3/h24-25,27H,4-23H2,1-3H3. The maximum absolute atomic E-state index is 11.1. The molecule has 0 aliphatic heterocycles. The van der Waals surface area contributed by atoms with E-state index in [-0.39, 0.29) is 0 Å². The Balaban J connectivity index is 3.09. The molecule has 0 saturated heterocycles. The van der Waals surface area contributed by atoms with Crippen molar-refractivity contribution in [3.63, 3.8) is 0 Å². The van der Waals surface area contributed by atoms with Gasteiger partial charge in [-0.25, -0.2) is 4.79 Å². The van der Waals surface area contributed by atoms with E-state index in [9.17, 15) is 9.90 Å². The molecule has 0 radical (unpaired) electrons. The van der Waals surface area contributed by atoms with Crippen LogP contribution in [0.4, 0.5) is 0 Å². The van der Waals surface area contributed by atoms with Gasteiger partial charge in [0.05, 0.1) is 7.11 Å². The fraction of sp³-hybridized carbons (Fsp3) is 0.962. The van der Waals surface area contributed by atoms with Crippen LogP contribution in [0.3, 0.4) is 0 Å². The Hall–Kier alpha value is -0.570. The second-order valence-electron chi connectivity index (χ2n) is 9.37. The summed E-state index contributed by atoms with van der Waals surface area (Å²) < 4.78 is 4.52. The van der Waals surface area contributed by atoms with Gasteiger partial charge in [0.15, 0.2) is 6.10 Å². The second kappa shape index (κ2) is 22.1. The van der Waals surface area contributed by atoms with E-state index >= 15 is 0 Å². The van der Waals surface area contributed by atoms with Gasteiger partial charge in [-0.2, -0.15) is 0 Å². The van der Waals surface area contributed by atoms with Crippen molar-refractivity contribution in [3.8, 4) is 0 Å². The molecule has 0 amide bonds. The Morgan fingerprint density at radius 3 is 1.14 bits per heavy atom. The fourth-order valence-corrected chi connectivity index (χ4v) is 3.97. The average Bonchev–Trinajstić information content (AvgIpc) is 2.71. The van der Waals surface area contributed by atoms with E-state index in [1.165, 1.54) is 116 Å². The smallest absolute Gasteiger partial charge is 0.334 e. The van der Waals surface area contributed by atoms with Crippen molar-refractivity contribution in [2.75, 3.05) is 7.11 Å². The molecule has 0 aromatic carbocycles. The molecule has 3 nitrogen and oxygen atoms in total. The molecular weight excluding hydrogens is 360 g/mol. The molecule has 1 N–H and O–H groups in total. The number of ether oxygens (including phenoxy) is 1. The van der Waals surface area contributed by atoms with Crippen LogP contribution in [0.15, 0.2) is 0 Å². The number of rotatable bonds is 22. The van der Waals surface area contributed by atoms with Crippen molar-refractivity contribution in [1.29, 1.82) is 0 Å². The third-order valence-electron chi connectivity index (χ3n) is 5.98. The zero-order valence-electron chi connectivity index (χ0n) is 20.1. The van der Waals surface area contributed by atoms with Gasteiger partial charge in [0.2, 0.25) is 0 Å². The molecule has 0 rings (SSSR count). The van der Waals surface area contributed by atoms with Crippen LogP contribution in [0, 0.1) is 5.92 Å². The number of carbonyl (C=O) groups excluding carboxylic acids is 1. The quantitative estimate of drug-likeness (QED) is 0.145. The van der Waals surface area contributed by atoms with Gasteiger partial charge in [-0.05, 0) is 12.3 Å². The van der Waals surface area contributed by atoms with Gasteiger partial charge in [-0.3, -0.25) is 0 Å². The van der Waals surface area contributed by atoms with Crippen molar-refractivity contribution in [1.82, 2.24) is 0 Å². The van der Waals surface area contributed by atoms with Crippen LogP contribution in [-0.2, 0) is 9.53 Å². The van der Waals surface area contributed by atoms with Gasteiger partial charge in [0, 0.05) is 0 Å². The summed E-state index contributed by atoms with van der Waals surface area (Å²) in [4.78, 5) is 11.1. The monoisotopic (exact) mass is 412 g/mol. The number of methoxy groups -OCH3 is 1. The lowest BCUT2D eigenvalue weighted by Crippen LogP contribution is -2.21. The SMILES string of the molecule is COC(=O)C(O)CCCCCCCCCCCCCCCCCCCCC(C)C. The number of carbonyl (C=O) groups is 1. The van der Waals surface area contributed by atoms with E-state index in [0.29, 0.717) is 6.42 Å². The average molecular weight is 413 g/mol. The van der Waals surface area contributed by atoms with Gasteiger partial charge in [-0.1, -0.05) is 136 Å². The van der Waals surface area contributed by atoms with Crippen molar-refractivity contribution in [3.05, 3.63) is 0 Å². The molecule has 0 bridgehead atoms. The third-order valence-corrected chi connectivity index (χ3v) is 5.98. The first kappa shape index (κ1) is 28.4. The largest absolute Gasteiger partial charge is 0.467 e. The lowest BCUT2D eigenvalue weighted by atomic mass is 10.0. The summed E-state index contributed by atoms with van der Waals surface area (Å²) in [7, 11) is 1.32. The minimum atomic E-state index is -0.931. The summed E-state index contributed by atoms with van der Waals surface area (Å²) >= 11 is 0. The maximum atomic E-state index is 11.1. The van der Waals surface area contributed by atoms with Crippen LogP contribution in [0.25, 0.3) is 0 Å². The number of hydrogen-bond donors (Lipinski definition) is 1. The van der Waals surface area contributed by atoms with E-state index < -0.39 is 12.1 Å². The highest BCUT2D eigenvalue weighted by Crippen LogP contribution is 2.15. The highest BCUT2D eigenvalue weighted by Gasteiger charge is 2.13. The minimum absolute atomic E-state index is 0.502. The summed E-state index contributed by atoms with van der Waals surface area (Å²) in [5.41, 5.74) is 0. The Kier molecular flexibility index (Phi) is 21.7. The van der Waals surface area contributed by atoms with E-state index in [4.69, 9.17) is 0 Å².